The summed E-state index contributed by atoms with van der Waals surface area (Å²) in [7, 11) is 0. The van der Waals surface area contributed by atoms with Crippen LogP contribution < -0.4 is 0 Å². The molecule has 0 spiro atoms. The van der Waals surface area contributed by atoms with Gasteiger partial charge in [0, 0.05) is 51.7 Å². The summed E-state index contributed by atoms with van der Waals surface area (Å²) in [6.45, 7) is 16.5. The van der Waals surface area contributed by atoms with Crippen molar-refractivity contribution < 1.29 is 4.79 Å². The zero-order valence-corrected chi connectivity index (χ0v) is 17.6. The summed E-state index contributed by atoms with van der Waals surface area (Å²) in [5.41, 5.74) is 0. The molecule has 0 N–H and O–H groups in total. The topological polar surface area (TPSA) is 44.6 Å². The zero-order valence-electron chi connectivity index (χ0n) is 17.6. The van der Waals surface area contributed by atoms with Gasteiger partial charge >= 0.3 is 0 Å². The number of aromatic nitrogens is 2. The number of amides is 1. The molecule has 6 nitrogen and oxygen atoms in total. The summed E-state index contributed by atoms with van der Waals surface area (Å²) in [5, 5.41) is 0. The number of imidazole rings is 1. The number of carbonyl (C=O) groups excluding carboxylic acids is 1. The average Bonchev–Trinajstić information content (AvgIpc) is 2.95. The molecule has 2 aliphatic rings. The highest BCUT2D eigenvalue weighted by molar-refractivity contribution is 5.81. The van der Waals surface area contributed by atoms with Crippen LogP contribution in [0.15, 0.2) is 12.4 Å². The molecule has 3 heterocycles. The molecule has 0 saturated carbocycles. The molecule has 1 amide bonds. The number of carbonyl (C=O) groups is 1. The molecule has 6 heteroatoms. The van der Waals surface area contributed by atoms with Crippen LogP contribution in [0.1, 0.15) is 46.4 Å². The van der Waals surface area contributed by atoms with Gasteiger partial charge in [-0.15, -0.1) is 0 Å². The Morgan fingerprint density at radius 2 is 1.93 bits per heavy atom. The maximum absolute atomic E-state index is 13.1. The molecule has 2 aliphatic heterocycles. The SMILES string of the molecule is CCn1ccnc1CN1CCCN(C(C)C(=O)N2CC(C)CC(C)C2)CC1. The van der Waals surface area contributed by atoms with Crippen molar-refractivity contribution in [2.24, 2.45) is 11.8 Å². The van der Waals surface area contributed by atoms with Gasteiger partial charge in [0.25, 0.3) is 0 Å². The Labute approximate surface area is 164 Å². The van der Waals surface area contributed by atoms with Crippen LogP contribution in [0.3, 0.4) is 0 Å². The Hall–Kier alpha value is -1.40. The van der Waals surface area contributed by atoms with Crippen molar-refractivity contribution >= 4 is 5.91 Å². The first-order valence-corrected chi connectivity index (χ1v) is 10.7. The normalized spacial score (nSPS) is 26.7. The molecule has 152 valence electrons. The zero-order chi connectivity index (χ0) is 19.4. The first kappa shape index (κ1) is 20.3. The minimum absolute atomic E-state index is 0.0138. The van der Waals surface area contributed by atoms with Gasteiger partial charge in [-0.25, -0.2) is 4.98 Å². The third-order valence-electron chi connectivity index (χ3n) is 6.22. The van der Waals surface area contributed by atoms with Crippen LogP contribution in [-0.4, -0.2) is 75.5 Å². The molecule has 0 aliphatic carbocycles. The van der Waals surface area contributed by atoms with Crippen LogP contribution in [0, 0.1) is 11.8 Å². The smallest absolute Gasteiger partial charge is 0.239 e. The molecular weight excluding hydrogens is 338 g/mol. The molecule has 2 fully saturated rings. The van der Waals surface area contributed by atoms with E-state index in [4.69, 9.17) is 0 Å². The van der Waals surface area contributed by atoms with Gasteiger partial charge in [-0.2, -0.15) is 0 Å². The standard InChI is InChI=1S/C21H37N5O/c1-5-24-10-7-22-20(24)16-23-8-6-9-25(12-11-23)19(4)21(27)26-14-17(2)13-18(3)15-26/h7,10,17-19H,5-6,8-9,11-16H2,1-4H3. The van der Waals surface area contributed by atoms with E-state index in [2.05, 4.69) is 58.1 Å². The average molecular weight is 376 g/mol. The first-order chi connectivity index (χ1) is 13.0. The van der Waals surface area contributed by atoms with Gasteiger partial charge < -0.3 is 9.47 Å². The Balaban J connectivity index is 1.54. The highest BCUT2D eigenvalue weighted by atomic mass is 16.2. The second-order valence-electron chi connectivity index (χ2n) is 8.66. The summed E-state index contributed by atoms with van der Waals surface area (Å²) in [5.74, 6) is 2.70. The third-order valence-corrected chi connectivity index (χ3v) is 6.22. The Bertz CT molecular complexity index is 605. The Morgan fingerprint density at radius 3 is 2.63 bits per heavy atom. The molecule has 3 unspecified atom stereocenters. The molecule has 3 rings (SSSR count). The van der Waals surface area contributed by atoms with Gasteiger partial charge in [-0.05, 0) is 45.1 Å². The van der Waals surface area contributed by atoms with Gasteiger partial charge in [0.15, 0.2) is 0 Å². The summed E-state index contributed by atoms with van der Waals surface area (Å²) in [6, 6.07) is -0.0138. The summed E-state index contributed by atoms with van der Waals surface area (Å²) in [6.07, 6.45) is 6.30. The predicted octanol–water partition coefficient (Wildman–Crippen LogP) is 2.30. The van der Waals surface area contributed by atoms with E-state index in [1.807, 2.05) is 6.20 Å². The van der Waals surface area contributed by atoms with Gasteiger partial charge in [0.05, 0.1) is 12.6 Å². The van der Waals surface area contributed by atoms with Gasteiger partial charge in [0.2, 0.25) is 5.91 Å². The van der Waals surface area contributed by atoms with E-state index in [1.54, 1.807) is 0 Å². The molecule has 1 aromatic rings. The highest BCUT2D eigenvalue weighted by Gasteiger charge is 2.31. The lowest BCUT2D eigenvalue weighted by molar-refractivity contribution is -0.139. The van der Waals surface area contributed by atoms with Crippen LogP contribution in [0.4, 0.5) is 0 Å². The number of rotatable bonds is 5. The van der Waals surface area contributed by atoms with E-state index in [9.17, 15) is 4.79 Å². The largest absolute Gasteiger partial charge is 0.341 e. The predicted molar refractivity (Wildman–Crippen MR) is 108 cm³/mol. The maximum atomic E-state index is 13.1. The lowest BCUT2D eigenvalue weighted by Gasteiger charge is -2.38. The minimum atomic E-state index is -0.0138. The summed E-state index contributed by atoms with van der Waals surface area (Å²) in [4.78, 5) is 24.6. The van der Waals surface area contributed by atoms with Crippen molar-refractivity contribution in [3.8, 4) is 0 Å². The molecule has 1 aromatic heterocycles. The first-order valence-electron chi connectivity index (χ1n) is 10.7. The quantitative estimate of drug-likeness (QED) is 0.792. The maximum Gasteiger partial charge on any atom is 0.239 e. The molecule has 3 atom stereocenters. The van der Waals surface area contributed by atoms with E-state index in [0.29, 0.717) is 17.7 Å². The molecule has 0 bridgehead atoms. The highest BCUT2D eigenvalue weighted by Crippen LogP contribution is 2.22. The lowest BCUT2D eigenvalue weighted by atomic mass is 9.91. The van der Waals surface area contributed by atoms with E-state index in [0.717, 1.165) is 64.6 Å². The molecule has 27 heavy (non-hydrogen) atoms. The van der Waals surface area contributed by atoms with Crippen LogP contribution >= 0.6 is 0 Å². The lowest BCUT2D eigenvalue weighted by Crippen LogP contribution is -2.52. The number of hydrogen-bond acceptors (Lipinski definition) is 4. The summed E-state index contributed by atoms with van der Waals surface area (Å²) < 4.78 is 2.22. The molecule has 0 radical (unpaired) electrons. The second kappa shape index (κ2) is 9.20. The second-order valence-corrected chi connectivity index (χ2v) is 8.66. The monoisotopic (exact) mass is 375 g/mol. The van der Waals surface area contributed by atoms with Gasteiger partial charge in [0.1, 0.15) is 5.82 Å². The fraction of sp³-hybridized carbons (Fsp3) is 0.810. The van der Waals surface area contributed by atoms with Gasteiger partial charge in [-0.3, -0.25) is 14.6 Å². The number of likely N-dealkylation sites (tertiary alicyclic amines) is 1. The van der Waals surface area contributed by atoms with Crippen LogP contribution in [0.5, 0.6) is 0 Å². The number of hydrogen-bond donors (Lipinski definition) is 0. The van der Waals surface area contributed by atoms with Gasteiger partial charge in [-0.1, -0.05) is 13.8 Å². The van der Waals surface area contributed by atoms with Crippen molar-refractivity contribution in [2.45, 2.75) is 59.7 Å². The molecule has 0 aromatic carbocycles. The fourth-order valence-corrected chi connectivity index (χ4v) is 4.78. The van der Waals surface area contributed by atoms with Crippen LogP contribution in [0.2, 0.25) is 0 Å². The Morgan fingerprint density at radius 1 is 1.19 bits per heavy atom. The van der Waals surface area contributed by atoms with Crippen LogP contribution in [0.25, 0.3) is 0 Å². The van der Waals surface area contributed by atoms with Crippen molar-refractivity contribution in [1.29, 1.82) is 0 Å². The number of piperidine rings is 1. The molecular formula is C21H37N5O. The summed E-state index contributed by atoms with van der Waals surface area (Å²) >= 11 is 0. The Kier molecular flexibility index (Phi) is 6.93. The van der Waals surface area contributed by atoms with E-state index in [-0.39, 0.29) is 6.04 Å². The van der Waals surface area contributed by atoms with Crippen molar-refractivity contribution in [3.63, 3.8) is 0 Å². The number of nitrogens with zero attached hydrogens (tertiary/aromatic N) is 5. The van der Waals surface area contributed by atoms with Crippen molar-refractivity contribution in [1.82, 2.24) is 24.3 Å². The minimum Gasteiger partial charge on any atom is -0.341 e. The van der Waals surface area contributed by atoms with E-state index >= 15 is 0 Å². The van der Waals surface area contributed by atoms with E-state index < -0.39 is 0 Å². The van der Waals surface area contributed by atoms with Crippen molar-refractivity contribution in [3.05, 3.63) is 18.2 Å². The fourth-order valence-electron chi connectivity index (χ4n) is 4.78. The van der Waals surface area contributed by atoms with Crippen LogP contribution in [-0.2, 0) is 17.9 Å². The molecule has 2 saturated heterocycles. The van der Waals surface area contributed by atoms with E-state index in [1.165, 1.54) is 6.42 Å². The number of aryl methyl sites for hydroxylation is 1. The van der Waals surface area contributed by atoms with Crippen molar-refractivity contribution in [2.75, 3.05) is 39.3 Å². The third kappa shape index (κ3) is 5.11.